The maximum Gasteiger partial charge on any atom is 0.416 e. The number of aromatic nitrogens is 2. The first-order valence-corrected chi connectivity index (χ1v) is 13.7. The normalized spacial score (nSPS) is 19.7. The number of hydrogen-bond donors (Lipinski definition) is 1. The van der Waals surface area contributed by atoms with Gasteiger partial charge in [-0.1, -0.05) is 22.7 Å². The van der Waals surface area contributed by atoms with Gasteiger partial charge < -0.3 is 15.1 Å². The molecule has 1 heterocycles. The molecule has 1 N–H and O–H groups in total. The van der Waals surface area contributed by atoms with Crippen LogP contribution in [0.2, 0.25) is 0 Å². The van der Waals surface area contributed by atoms with E-state index in [9.17, 15) is 26.4 Å². The Labute approximate surface area is 228 Å². The van der Waals surface area contributed by atoms with E-state index in [-0.39, 0.29) is 34.8 Å². The second kappa shape index (κ2) is 11.8. The topological polar surface area (TPSA) is 105 Å². The Bertz CT molecular complexity index is 1440. The molecule has 0 amide bonds. The molecule has 1 saturated carbocycles. The Morgan fingerprint density at radius 3 is 2.50 bits per heavy atom. The Morgan fingerprint density at radius 1 is 1.10 bits per heavy atom. The lowest BCUT2D eigenvalue weighted by Crippen LogP contribution is -2.47. The Hall–Kier alpha value is -3.78. The number of likely N-dealkylation sites (N-methyl/N-ethyl adjacent to an activating group) is 1. The largest absolute Gasteiger partial charge is 0.416 e. The number of hydrogen-bond acceptors (Lipinski definition) is 8. The van der Waals surface area contributed by atoms with Crippen molar-refractivity contribution in [1.82, 2.24) is 14.9 Å². The summed E-state index contributed by atoms with van der Waals surface area (Å²) in [4.78, 5) is 24.2. The standard InChI is InChI=1S/C26H27F4N5O4S/c1-34(2)23-13-18(17-4-3-5-19(12-17)26(28,29)30)6-8-22(23)33-20-7-9-24(21(27)14-20)40(37,38)35(39-16-36)25-10-11-31-15-32-25/h3-5,7,9-12,14-16,18,22-23,33H,6,8,13H2,1-2H3/t18-,22-,23-/m0/s1. The van der Waals surface area contributed by atoms with Crippen LogP contribution >= 0.6 is 0 Å². The van der Waals surface area contributed by atoms with E-state index in [1.807, 2.05) is 19.0 Å². The number of nitrogens with zero attached hydrogens (tertiary/aromatic N) is 4. The van der Waals surface area contributed by atoms with Gasteiger partial charge in [-0.25, -0.2) is 14.4 Å². The van der Waals surface area contributed by atoms with Crippen LogP contribution in [0.15, 0.2) is 66.0 Å². The van der Waals surface area contributed by atoms with Crippen LogP contribution in [0.4, 0.5) is 29.1 Å². The molecular formula is C26H27F4N5O4S. The second-order valence-corrected chi connectivity index (χ2v) is 11.3. The van der Waals surface area contributed by atoms with E-state index in [0.29, 0.717) is 30.5 Å². The first-order valence-electron chi connectivity index (χ1n) is 12.2. The van der Waals surface area contributed by atoms with Crippen molar-refractivity contribution in [2.75, 3.05) is 23.9 Å². The molecule has 0 saturated heterocycles. The summed E-state index contributed by atoms with van der Waals surface area (Å²) in [5.74, 6) is -1.48. The predicted octanol–water partition coefficient (Wildman–Crippen LogP) is 4.60. The highest BCUT2D eigenvalue weighted by atomic mass is 32.2. The van der Waals surface area contributed by atoms with Crippen molar-refractivity contribution < 1.29 is 35.6 Å². The molecule has 214 valence electrons. The smallest absolute Gasteiger partial charge is 0.381 e. The summed E-state index contributed by atoms with van der Waals surface area (Å²) in [6, 6.07) is 9.71. The molecule has 40 heavy (non-hydrogen) atoms. The van der Waals surface area contributed by atoms with Crippen LogP contribution in [0.5, 0.6) is 0 Å². The second-order valence-electron chi connectivity index (χ2n) is 9.56. The van der Waals surface area contributed by atoms with Gasteiger partial charge in [0, 0.05) is 30.0 Å². The molecule has 14 heteroatoms. The number of rotatable bonds is 9. The van der Waals surface area contributed by atoms with Gasteiger partial charge in [-0.2, -0.15) is 21.6 Å². The maximum absolute atomic E-state index is 15.2. The van der Waals surface area contributed by atoms with Crippen molar-refractivity contribution in [2.24, 2.45) is 0 Å². The zero-order chi connectivity index (χ0) is 29.1. The van der Waals surface area contributed by atoms with Crippen LogP contribution in [-0.2, 0) is 25.8 Å². The van der Waals surface area contributed by atoms with Gasteiger partial charge in [0.1, 0.15) is 17.0 Å². The third kappa shape index (κ3) is 6.33. The van der Waals surface area contributed by atoms with E-state index in [1.54, 1.807) is 6.07 Å². The fourth-order valence-electron chi connectivity index (χ4n) is 4.93. The number of carbonyl (C=O) groups excluding carboxylic acids is 1. The van der Waals surface area contributed by atoms with E-state index in [2.05, 4.69) is 20.1 Å². The van der Waals surface area contributed by atoms with Crippen molar-refractivity contribution in [2.45, 2.75) is 48.3 Å². The minimum atomic E-state index is -4.67. The molecule has 1 fully saturated rings. The molecule has 0 aliphatic heterocycles. The molecule has 3 atom stereocenters. The average molecular weight is 582 g/mol. The van der Waals surface area contributed by atoms with Crippen molar-refractivity contribution in [3.8, 4) is 0 Å². The first kappa shape index (κ1) is 29.2. The van der Waals surface area contributed by atoms with Gasteiger partial charge in [0.2, 0.25) is 0 Å². The average Bonchev–Trinajstić information content (AvgIpc) is 2.91. The number of halogens is 4. The molecule has 1 aromatic heterocycles. The highest BCUT2D eigenvalue weighted by Gasteiger charge is 2.36. The number of anilines is 2. The quantitative estimate of drug-likeness (QED) is 0.222. The molecule has 0 radical (unpaired) electrons. The Kier molecular flexibility index (Phi) is 8.59. The van der Waals surface area contributed by atoms with Gasteiger partial charge in [-0.3, -0.25) is 4.79 Å². The molecule has 9 nitrogen and oxygen atoms in total. The number of nitrogens with one attached hydrogen (secondary N) is 1. The SMILES string of the molecule is CN(C)[C@H]1C[C@@H](c2cccc(C(F)(F)F)c2)CC[C@@H]1Nc1ccc(S(=O)(=O)N(OC=O)c2ccncn2)c(F)c1. The van der Waals surface area contributed by atoms with E-state index in [1.165, 1.54) is 30.5 Å². The summed E-state index contributed by atoms with van der Waals surface area (Å²) < 4.78 is 81.2. The molecule has 0 unspecified atom stereocenters. The molecule has 1 aliphatic rings. The van der Waals surface area contributed by atoms with E-state index in [0.717, 1.165) is 24.5 Å². The predicted molar refractivity (Wildman–Crippen MR) is 138 cm³/mol. The minimum Gasteiger partial charge on any atom is -0.381 e. The summed E-state index contributed by atoms with van der Waals surface area (Å²) in [5.41, 5.74) is 0.246. The number of benzene rings is 2. The number of carbonyl (C=O) groups is 1. The van der Waals surface area contributed by atoms with Crippen molar-refractivity contribution >= 4 is 28.0 Å². The number of sulfonamides is 1. The van der Waals surface area contributed by atoms with Crippen LogP contribution < -0.4 is 9.79 Å². The van der Waals surface area contributed by atoms with Gasteiger partial charge in [0.15, 0.2) is 5.82 Å². The molecular weight excluding hydrogens is 554 g/mol. The van der Waals surface area contributed by atoms with E-state index >= 15 is 4.39 Å². The molecule has 2 aromatic carbocycles. The fraction of sp³-hybridized carbons (Fsp3) is 0.346. The Balaban J connectivity index is 1.53. The summed E-state index contributed by atoms with van der Waals surface area (Å²) in [6.45, 7) is -0.120. The van der Waals surface area contributed by atoms with Crippen molar-refractivity contribution in [3.05, 3.63) is 78.0 Å². The highest BCUT2D eigenvalue weighted by Crippen LogP contribution is 2.38. The lowest BCUT2D eigenvalue weighted by atomic mass is 9.78. The van der Waals surface area contributed by atoms with Crippen LogP contribution in [0.25, 0.3) is 0 Å². The van der Waals surface area contributed by atoms with Gasteiger partial charge in [-0.05, 0) is 69.1 Å². The van der Waals surface area contributed by atoms with Crippen LogP contribution in [-0.4, -0.2) is 55.9 Å². The van der Waals surface area contributed by atoms with Crippen molar-refractivity contribution in [1.29, 1.82) is 0 Å². The minimum absolute atomic E-state index is 0.0948. The summed E-state index contributed by atoms with van der Waals surface area (Å²) in [5, 5.41) is 3.25. The third-order valence-electron chi connectivity index (χ3n) is 6.84. The van der Waals surface area contributed by atoms with Gasteiger partial charge in [0.25, 0.3) is 10.0 Å². The van der Waals surface area contributed by atoms with Gasteiger partial charge in [-0.15, -0.1) is 0 Å². The summed E-state index contributed by atoms with van der Waals surface area (Å²) in [7, 11) is -0.955. The van der Waals surface area contributed by atoms with Gasteiger partial charge >= 0.3 is 12.6 Å². The van der Waals surface area contributed by atoms with Gasteiger partial charge in [0.05, 0.1) is 5.56 Å². The fourth-order valence-corrected chi connectivity index (χ4v) is 6.15. The van der Waals surface area contributed by atoms with E-state index in [4.69, 9.17) is 0 Å². The van der Waals surface area contributed by atoms with E-state index < -0.39 is 32.5 Å². The highest BCUT2D eigenvalue weighted by molar-refractivity contribution is 7.92. The maximum atomic E-state index is 15.2. The molecule has 4 rings (SSSR count). The molecule has 3 aromatic rings. The third-order valence-corrected chi connectivity index (χ3v) is 8.43. The first-order chi connectivity index (χ1) is 18.9. The van der Waals surface area contributed by atoms with Crippen LogP contribution in [0.1, 0.15) is 36.3 Å². The monoisotopic (exact) mass is 581 g/mol. The zero-order valence-electron chi connectivity index (χ0n) is 21.5. The molecule has 0 bridgehead atoms. The van der Waals surface area contributed by atoms with Crippen molar-refractivity contribution in [3.63, 3.8) is 0 Å². The zero-order valence-corrected chi connectivity index (χ0v) is 22.4. The van der Waals surface area contributed by atoms with Crippen LogP contribution in [0, 0.1) is 5.82 Å². The van der Waals surface area contributed by atoms with Crippen LogP contribution in [0.3, 0.4) is 0 Å². The molecule has 0 spiro atoms. The molecule has 1 aliphatic carbocycles. The summed E-state index contributed by atoms with van der Waals surface area (Å²) in [6.07, 6.45) is -0.401. The lowest BCUT2D eigenvalue weighted by molar-refractivity contribution is -0.137. The Morgan fingerprint density at radius 2 is 1.88 bits per heavy atom. The summed E-state index contributed by atoms with van der Waals surface area (Å²) >= 11 is 0. The number of alkyl halides is 3. The lowest BCUT2D eigenvalue weighted by Gasteiger charge is -2.41.